The lowest BCUT2D eigenvalue weighted by Gasteiger charge is -2.15. The summed E-state index contributed by atoms with van der Waals surface area (Å²) in [5, 5.41) is 10.3. The van der Waals surface area contributed by atoms with Crippen LogP contribution in [0.3, 0.4) is 0 Å². The highest BCUT2D eigenvalue weighted by atomic mass is 35.5. The number of hydrogen-bond acceptors (Lipinski definition) is 3. The number of aliphatic hydroxyl groups excluding tert-OH is 1. The van der Waals surface area contributed by atoms with E-state index >= 15 is 0 Å². The van der Waals surface area contributed by atoms with E-state index in [9.17, 15) is 5.11 Å². The largest absolute Gasteiger partial charge is 0.493 e. The molecule has 0 aromatic heterocycles. The van der Waals surface area contributed by atoms with Gasteiger partial charge in [-0.25, -0.2) is 0 Å². The van der Waals surface area contributed by atoms with E-state index in [-0.39, 0.29) is 12.5 Å². The van der Waals surface area contributed by atoms with Gasteiger partial charge in [0.2, 0.25) is 0 Å². The highest BCUT2D eigenvalue weighted by Crippen LogP contribution is 2.36. The highest BCUT2D eigenvalue weighted by Gasteiger charge is 2.25. The normalized spacial score (nSPS) is 16.4. The van der Waals surface area contributed by atoms with Crippen LogP contribution in [0, 0.1) is 0 Å². The van der Waals surface area contributed by atoms with Crippen LogP contribution in [0.15, 0.2) is 36.4 Å². The molecule has 0 radical (unpaired) electrons. The Morgan fingerprint density at radius 2 is 2.05 bits per heavy atom. The molecule has 1 heterocycles. The molecule has 0 saturated heterocycles. The minimum Gasteiger partial charge on any atom is -0.493 e. The molecular weight excluding hydrogens is 311 g/mol. The second kappa shape index (κ2) is 6.14. The van der Waals surface area contributed by atoms with Gasteiger partial charge in [0, 0.05) is 16.1 Å². The quantitative estimate of drug-likeness (QED) is 0.922. The smallest absolute Gasteiger partial charge is 0.143 e. The van der Waals surface area contributed by atoms with Gasteiger partial charge >= 0.3 is 0 Å². The molecule has 0 aliphatic carbocycles. The Morgan fingerprint density at radius 3 is 2.86 bits per heavy atom. The number of hydrogen-bond donors (Lipinski definition) is 1. The molecule has 5 heteroatoms. The SMILES string of the molecule is OCc1cc(Cl)cc(Cl)c1OCC1COc2ccccc21. The summed E-state index contributed by atoms with van der Waals surface area (Å²) < 4.78 is 11.4. The third-order valence-corrected chi connectivity index (χ3v) is 3.98. The molecule has 3 rings (SSSR count). The summed E-state index contributed by atoms with van der Waals surface area (Å²) in [4.78, 5) is 0. The van der Waals surface area contributed by atoms with E-state index in [1.807, 2.05) is 24.3 Å². The first-order valence-electron chi connectivity index (χ1n) is 6.62. The van der Waals surface area contributed by atoms with Crippen molar-refractivity contribution in [1.82, 2.24) is 0 Å². The van der Waals surface area contributed by atoms with E-state index in [1.54, 1.807) is 12.1 Å². The molecule has 2 aromatic rings. The number of benzene rings is 2. The van der Waals surface area contributed by atoms with Gasteiger partial charge in [0.25, 0.3) is 0 Å². The van der Waals surface area contributed by atoms with E-state index in [1.165, 1.54) is 0 Å². The third kappa shape index (κ3) is 2.95. The summed E-state index contributed by atoms with van der Waals surface area (Å²) >= 11 is 12.1. The van der Waals surface area contributed by atoms with Crippen molar-refractivity contribution in [3.63, 3.8) is 0 Å². The fourth-order valence-electron chi connectivity index (χ4n) is 2.44. The Balaban J connectivity index is 1.78. The van der Waals surface area contributed by atoms with Crippen molar-refractivity contribution in [2.24, 2.45) is 0 Å². The maximum atomic E-state index is 9.40. The molecule has 110 valence electrons. The highest BCUT2D eigenvalue weighted by molar-refractivity contribution is 6.35. The molecule has 0 amide bonds. The summed E-state index contributed by atoms with van der Waals surface area (Å²) in [5.41, 5.74) is 1.72. The van der Waals surface area contributed by atoms with Crippen molar-refractivity contribution in [2.75, 3.05) is 13.2 Å². The fourth-order valence-corrected chi connectivity index (χ4v) is 3.03. The van der Waals surface area contributed by atoms with Crippen molar-refractivity contribution in [2.45, 2.75) is 12.5 Å². The molecule has 0 fully saturated rings. The Morgan fingerprint density at radius 1 is 1.24 bits per heavy atom. The van der Waals surface area contributed by atoms with Gasteiger partial charge in [-0.15, -0.1) is 0 Å². The second-order valence-electron chi connectivity index (χ2n) is 4.89. The van der Waals surface area contributed by atoms with Crippen LogP contribution in [0.1, 0.15) is 17.0 Å². The van der Waals surface area contributed by atoms with Crippen molar-refractivity contribution in [3.05, 3.63) is 57.6 Å². The standard InChI is InChI=1S/C16H14Cl2O3/c17-12-5-10(7-19)16(14(18)6-12)21-9-11-8-20-15-4-2-1-3-13(11)15/h1-6,11,19H,7-9H2. The molecule has 1 aliphatic rings. The van der Waals surface area contributed by atoms with Crippen LogP contribution in [-0.2, 0) is 6.61 Å². The van der Waals surface area contributed by atoms with Gasteiger partial charge in [0.1, 0.15) is 11.5 Å². The minimum absolute atomic E-state index is 0.152. The fraction of sp³-hybridized carbons (Fsp3) is 0.250. The summed E-state index contributed by atoms with van der Waals surface area (Å²) in [6, 6.07) is 11.2. The molecule has 1 unspecified atom stereocenters. The Hall–Kier alpha value is -1.42. The zero-order chi connectivity index (χ0) is 14.8. The molecular formula is C16H14Cl2O3. The average Bonchev–Trinajstić information content (AvgIpc) is 2.89. The molecule has 0 spiro atoms. The van der Waals surface area contributed by atoms with Crippen molar-refractivity contribution in [3.8, 4) is 11.5 Å². The molecule has 1 N–H and O–H groups in total. The zero-order valence-electron chi connectivity index (χ0n) is 11.2. The molecule has 21 heavy (non-hydrogen) atoms. The maximum Gasteiger partial charge on any atom is 0.143 e. The number of para-hydroxylation sites is 1. The van der Waals surface area contributed by atoms with Crippen LogP contribution < -0.4 is 9.47 Å². The second-order valence-corrected chi connectivity index (χ2v) is 5.73. The van der Waals surface area contributed by atoms with E-state index < -0.39 is 0 Å². The average molecular weight is 325 g/mol. The lowest BCUT2D eigenvalue weighted by atomic mass is 10.0. The number of fused-ring (bicyclic) bond motifs is 1. The van der Waals surface area contributed by atoms with Gasteiger partial charge in [0.15, 0.2) is 0 Å². The summed E-state index contributed by atoms with van der Waals surface area (Å²) in [5.74, 6) is 1.53. The van der Waals surface area contributed by atoms with Crippen molar-refractivity contribution < 1.29 is 14.6 Å². The molecule has 2 aromatic carbocycles. The Kier molecular flexibility index (Phi) is 4.24. The van der Waals surface area contributed by atoms with E-state index in [0.717, 1.165) is 11.3 Å². The molecule has 3 nitrogen and oxygen atoms in total. The predicted octanol–water partition coefficient (Wildman–Crippen LogP) is 4.04. The van der Waals surface area contributed by atoms with Gasteiger partial charge in [-0.05, 0) is 18.2 Å². The lowest BCUT2D eigenvalue weighted by molar-refractivity contribution is 0.235. The van der Waals surface area contributed by atoms with Crippen LogP contribution in [-0.4, -0.2) is 18.3 Å². The predicted molar refractivity (Wildman–Crippen MR) is 82.6 cm³/mol. The lowest BCUT2D eigenvalue weighted by Crippen LogP contribution is -2.12. The Bertz CT molecular complexity index is 658. The van der Waals surface area contributed by atoms with Crippen molar-refractivity contribution in [1.29, 1.82) is 0 Å². The summed E-state index contributed by atoms with van der Waals surface area (Å²) in [7, 11) is 0. The number of aliphatic hydroxyl groups is 1. The first kappa shape index (κ1) is 14.5. The van der Waals surface area contributed by atoms with Gasteiger partial charge in [0.05, 0.1) is 30.8 Å². The number of ether oxygens (including phenoxy) is 2. The van der Waals surface area contributed by atoms with E-state index in [0.29, 0.717) is 34.6 Å². The van der Waals surface area contributed by atoms with E-state index in [4.69, 9.17) is 32.7 Å². The van der Waals surface area contributed by atoms with E-state index in [2.05, 4.69) is 0 Å². The Labute approximate surface area is 133 Å². The topological polar surface area (TPSA) is 38.7 Å². The molecule has 0 saturated carbocycles. The summed E-state index contributed by atoms with van der Waals surface area (Å²) in [6.07, 6.45) is 0. The monoisotopic (exact) mass is 324 g/mol. The number of halogens is 2. The van der Waals surface area contributed by atoms with Gasteiger partial charge in [-0.2, -0.15) is 0 Å². The number of rotatable bonds is 4. The maximum absolute atomic E-state index is 9.40. The van der Waals surface area contributed by atoms with Crippen LogP contribution in [0.5, 0.6) is 11.5 Å². The van der Waals surface area contributed by atoms with Gasteiger partial charge in [-0.1, -0.05) is 41.4 Å². The van der Waals surface area contributed by atoms with Crippen LogP contribution in [0.2, 0.25) is 10.0 Å². The zero-order valence-corrected chi connectivity index (χ0v) is 12.7. The van der Waals surface area contributed by atoms with Crippen LogP contribution >= 0.6 is 23.2 Å². The molecule has 1 aliphatic heterocycles. The van der Waals surface area contributed by atoms with Crippen LogP contribution in [0.4, 0.5) is 0 Å². The first-order valence-corrected chi connectivity index (χ1v) is 7.38. The summed E-state index contributed by atoms with van der Waals surface area (Å²) in [6.45, 7) is 0.845. The van der Waals surface area contributed by atoms with Crippen molar-refractivity contribution >= 4 is 23.2 Å². The molecule has 1 atom stereocenters. The first-order chi connectivity index (χ1) is 10.2. The minimum atomic E-state index is -0.173. The third-order valence-electron chi connectivity index (χ3n) is 3.48. The van der Waals surface area contributed by atoms with Gasteiger partial charge in [-0.3, -0.25) is 0 Å². The van der Waals surface area contributed by atoms with Crippen LogP contribution in [0.25, 0.3) is 0 Å². The van der Waals surface area contributed by atoms with Gasteiger partial charge < -0.3 is 14.6 Å². The molecule has 0 bridgehead atoms.